The summed E-state index contributed by atoms with van der Waals surface area (Å²) in [7, 11) is 0. The summed E-state index contributed by atoms with van der Waals surface area (Å²) in [6.07, 6.45) is 5.46. The van der Waals surface area contributed by atoms with Crippen LogP contribution in [0.2, 0.25) is 0 Å². The fourth-order valence-electron chi connectivity index (χ4n) is 2.29. The van der Waals surface area contributed by atoms with Crippen molar-refractivity contribution < 1.29 is 9.53 Å². The minimum atomic E-state index is -0.472. The molecule has 1 saturated heterocycles. The Labute approximate surface area is 111 Å². The highest BCUT2D eigenvalue weighted by molar-refractivity contribution is 5.75. The smallest absolute Gasteiger partial charge is 0.323 e. The Morgan fingerprint density at radius 3 is 2.78 bits per heavy atom. The quantitative estimate of drug-likeness (QED) is 0.737. The highest BCUT2D eigenvalue weighted by atomic mass is 16.6. The third-order valence-corrected chi connectivity index (χ3v) is 3.24. The summed E-state index contributed by atoms with van der Waals surface area (Å²) >= 11 is 0. The summed E-state index contributed by atoms with van der Waals surface area (Å²) in [4.78, 5) is 11.7. The Hall–Kier alpha value is -0.610. The van der Waals surface area contributed by atoms with Gasteiger partial charge in [0.05, 0.1) is 0 Å². The number of rotatable bonds is 5. The number of carbonyl (C=O) groups is 1. The van der Waals surface area contributed by atoms with Crippen LogP contribution in [-0.2, 0) is 9.53 Å². The van der Waals surface area contributed by atoms with E-state index in [1.807, 2.05) is 20.8 Å². The fourth-order valence-corrected chi connectivity index (χ4v) is 2.29. The summed E-state index contributed by atoms with van der Waals surface area (Å²) in [5.41, 5.74) is 5.41. The largest absolute Gasteiger partial charge is 0.459 e. The summed E-state index contributed by atoms with van der Waals surface area (Å²) in [6.45, 7) is 7.86. The van der Waals surface area contributed by atoms with E-state index in [4.69, 9.17) is 10.5 Å². The van der Waals surface area contributed by atoms with Gasteiger partial charge in [0.1, 0.15) is 11.6 Å². The van der Waals surface area contributed by atoms with Gasteiger partial charge in [-0.05, 0) is 65.5 Å². The van der Waals surface area contributed by atoms with Crippen LogP contribution in [-0.4, -0.2) is 30.7 Å². The van der Waals surface area contributed by atoms with Crippen LogP contribution in [0, 0.1) is 5.92 Å². The Morgan fingerprint density at radius 1 is 1.50 bits per heavy atom. The molecular weight excluding hydrogens is 228 g/mol. The van der Waals surface area contributed by atoms with Gasteiger partial charge in [-0.2, -0.15) is 0 Å². The molecule has 2 unspecified atom stereocenters. The molecule has 0 saturated carbocycles. The number of carbonyl (C=O) groups excluding carboxylic acids is 1. The second kappa shape index (κ2) is 7.10. The van der Waals surface area contributed by atoms with Gasteiger partial charge in [0.2, 0.25) is 0 Å². The Bertz CT molecular complexity index is 255. The molecular formula is C14H28N2O2. The zero-order valence-electron chi connectivity index (χ0n) is 12.0. The minimum absolute atomic E-state index is 0.274. The number of piperidine rings is 1. The van der Waals surface area contributed by atoms with Crippen molar-refractivity contribution in [3.8, 4) is 0 Å². The third kappa shape index (κ3) is 6.36. The van der Waals surface area contributed by atoms with Crippen molar-refractivity contribution in [3.63, 3.8) is 0 Å². The summed E-state index contributed by atoms with van der Waals surface area (Å²) < 4.78 is 5.27. The van der Waals surface area contributed by atoms with Crippen LogP contribution in [0.4, 0.5) is 0 Å². The first-order chi connectivity index (χ1) is 8.38. The van der Waals surface area contributed by atoms with Gasteiger partial charge in [-0.1, -0.05) is 6.42 Å². The van der Waals surface area contributed by atoms with Gasteiger partial charge in [-0.25, -0.2) is 0 Å². The van der Waals surface area contributed by atoms with E-state index in [-0.39, 0.29) is 5.97 Å². The van der Waals surface area contributed by atoms with Gasteiger partial charge in [-0.3, -0.25) is 4.79 Å². The standard InChI is InChI=1S/C14H28N2O2/c1-14(2,3)18-13(17)12(15)8-4-6-11-7-5-9-16-10-11/h11-12,16H,4-10,15H2,1-3H3. The molecule has 0 spiro atoms. The maximum atomic E-state index is 11.7. The average Bonchev–Trinajstić information content (AvgIpc) is 2.28. The molecule has 4 nitrogen and oxygen atoms in total. The second-order valence-corrected chi connectivity index (χ2v) is 6.28. The van der Waals surface area contributed by atoms with E-state index in [2.05, 4.69) is 5.32 Å². The van der Waals surface area contributed by atoms with E-state index >= 15 is 0 Å². The number of esters is 1. The van der Waals surface area contributed by atoms with Crippen molar-refractivity contribution in [2.24, 2.45) is 11.7 Å². The monoisotopic (exact) mass is 256 g/mol. The predicted octanol–water partition coefficient (Wildman–Crippen LogP) is 1.83. The van der Waals surface area contributed by atoms with Crippen LogP contribution >= 0.6 is 0 Å². The van der Waals surface area contributed by atoms with Gasteiger partial charge in [-0.15, -0.1) is 0 Å². The number of ether oxygens (including phenoxy) is 1. The lowest BCUT2D eigenvalue weighted by Crippen LogP contribution is -2.37. The molecule has 1 aliphatic heterocycles. The lowest BCUT2D eigenvalue weighted by atomic mass is 9.93. The lowest BCUT2D eigenvalue weighted by Gasteiger charge is -2.24. The normalized spacial score (nSPS) is 22.6. The molecule has 2 atom stereocenters. The highest BCUT2D eigenvalue weighted by Crippen LogP contribution is 2.18. The summed E-state index contributed by atoms with van der Waals surface area (Å²) in [5, 5.41) is 3.40. The van der Waals surface area contributed by atoms with Crippen molar-refractivity contribution >= 4 is 5.97 Å². The van der Waals surface area contributed by atoms with Gasteiger partial charge < -0.3 is 15.8 Å². The SMILES string of the molecule is CC(C)(C)OC(=O)C(N)CCCC1CCCNC1. The molecule has 1 fully saturated rings. The highest BCUT2D eigenvalue weighted by Gasteiger charge is 2.22. The Balaban J connectivity index is 2.15. The first kappa shape index (κ1) is 15.4. The van der Waals surface area contributed by atoms with Gasteiger partial charge in [0.25, 0.3) is 0 Å². The molecule has 3 N–H and O–H groups in total. The van der Waals surface area contributed by atoms with Crippen LogP contribution in [0.15, 0.2) is 0 Å². The van der Waals surface area contributed by atoms with E-state index in [9.17, 15) is 4.79 Å². The third-order valence-electron chi connectivity index (χ3n) is 3.24. The Kier molecular flexibility index (Phi) is 6.09. The predicted molar refractivity (Wildman–Crippen MR) is 73.3 cm³/mol. The fraction of sp³-hybridized carbons (Fsp3) is 0.929. The van der Waals surface area contributed by atoms with Gasteiger partial charge >= 0.3 is 5.97 Å². The molecule has 0 radical (unpaired) electrons. The molecule has 0 amide bonds. The van der Waals surface area contributed by atoms with Crippen LogP contribution in [0.3, 0.4) is 0 Å². The summed E-state index contributed by atoms with van der Waals surface area (Å²) in [5.74, 6) is 0.480. The lowest BCUT2D eigenvalue weighted by molar-refractivity contribution is -0.156. The first-order valence-electron chi connectivity index (χ1n) is 7.07. The number of hydrogen-bond acceptors (Lipinski definition) is 4. The number of hydrogen-bond donors (Lipinski definition) is 2. The molecule has 18 heavy (non-hydrogen) atoms. The Morgan fingerprint density at radius 2 is 2.22 bits per heavy atom. The summed E-state index contributed by atoms with van der Waals surface area (Å²) in [6, 6.07) is -0.472. The second-order valence-electron chi connectivity index (χ2n) is 6.28. The molecule has 1 heterocycles. The van der Waals surface area contributed by atoms with Crippen LogP contribution in [0.1, 0.15) is 52.9 Å². The number of nitrogens with two attached hydrogens (primary N) is 1. The zero-order chi connectivity index (χ0) is 13.6. The van der Waals surface area contributed by atoms with Crippen molar-refractivity contribution in [2.75, 3.05) is 13.1 Å². The van der Waals surface area contributed by atoms with E-state index in [0.717, 1.165) is 38.3 Å². The molecule has 0 aliphatic carbocycles. The molecule has 0 bridgehead atoms. The molecule has 1 rings (SSSR count). The molecule has 4 heteroatoms. The van der Waals surface area contributed by atoms with E-state index < -0.39 is 11.6 Å². The van der Waals surface area contributed by atoms with Crippen molar-refractivity contribution in [1.29, 1.82) is 0 Å². The van der Waals surface area contributed by atoms with Crippen molar-refractivity contribution in [1.82, 2.24) is 5.32 Å². The van der Waals surface area contributed by atoms with Crippen molar-refractivity contribution in [2.45, 2.75) is 64.5 Å². The topological polar surface area (TPSA) is 64.3 Å². The van der Waals surface area contributed by atoms with Crippen LogP contribution in [0.5, 0.6) is 0 Å². The molecule has 1 aliphatic rings. The average molecular weight is 256 g/mol. The molecule has 0 aromatic heterocycles. The molecule has 0 aromatic rings. The van der Waals surface area contributed by atoms with E-state index in [0.29, 0.717) is 0 Å². The maximum Gasteiger partial charge on any atom is 0.323 e. The zero-order valence-corrected chi connectivity index (χ0v) is 12.0. The van der Waals surface area contributed by atoms with Gasteiger partial charge in [0, 0.05) is 0 Å². The molecule has 0 aromatic carbocycles. The minimum Gasteiger partial charge on any atom is -0.459 e. The van der Waals surface area contributed by atoms with E-state index in [1.54, 1.807) is 0 Å². The van der Waals surface area contributed by atoms with Gasteiger partial charge in [0.15, 0.2) is 0 Å². The van der Waals surface area contributed by atoms with Crippen LogP contribution in [0.25, 0.3) is 0 Å². The van der Waals surface area contributed by atoms with Crippen LogP contribution < -0.4 is 11.1 Å². The number of nitrogens with one attached hydrogen (secondary N) is 1. The van der Waals surface area contributed by atoms with Crippen molar-refractivity contribution in [3.05, 3.63) is 0 Å². The molecule has 106 valence electrons. The van der Waals surface area contributed by atoms with E-state index in [1.165, 1.54) is 12.8 Å². The maximum absolute atomic E-state index is 11.7. The first-order valence-corrected chi connectivity index (χ1v) is 7.07.